The number of benzene rings is 2. The van der Waals surface area contributed by atoms with Crippen molar-refractivity contribution in [3.63, 3.8) is 0 Å². The average molecular weight is 421 g/mol. The fourth-order valence-corrected chi connectivity index (χ4v) is 4.82. The molecule has 2 heterocycles. The van der Waals surface area contributed by atoms with E-state index in [1.807, 2.05) is 32.0 Å². The molecule has 5 heteroatoms. The van der Waals surface area contributed by atoms with Crippen LogP contribution in [0.5, 0.6) is 11.5 Å². The molecule has 2 aromatic rings. The van der Waals surface area contributed by atoms with E-state index in [0.29, 0.717) is 18.7 Å². The van der Waals surface area contributed by atoms with Gasteiger partial charge in [0.2, 0.25) is 5.91 Å². The number of carbonyl (C=O) groups excluding carboxylic acids is 1. The van der Waals surface area contributed by atoms with Crippen LogP contribution in [-0.2, 0) is 10.2 Å². The summed E-state index contributed by atoms with van der Waals surface area (Å²) in [5.74, 6) is 1.50. The quantitative estimate of drug-likeness (QED) is 0.754. The fraction of sp³-hybridized carbons (Fsp3) is 0.423. The van der Waals surface area contributed by atoms with Crippen LogP contribution in [0.25, 0.3) is 6.08 Å². The molecule has 0 unspecified atom stereocenters. The summed E-state index contributed by atoms with van der Waals surface area (Å²) < 4.78 is 11.4. The topological polar surface area (TPSA) is 50.8 Å². The molecule has 1 saturated heterocycles. The standard InChI is InChI=1S/C26H32N2O3/c1-17(2)31-22-10-8-19(16-23(22)30-6)11-13-26-25(4,5)20-15-18(3)7-9-21(20)28(26)14-12-24(29)27-26/h7-11,13,15-17H,12,14H2,1-6H3,(H,27,29)/t26-/m0/s1. The Kier molecular flexibility index (Phi) is 5.24. The molecule has 5 nitrogen and oxygen atoms in total. The first kappa shape index (κ1) is 21.3. The number of anilines is 1. The third-order valence-electron chi connectivity index (χ3n) is 6.45. The minimum Gasteiger partial charge on any atom is -0.493 e. The molecule has 0 radical (unpaired) electrons. The van der Waals surface area contributed by atoms with Crippen LogP contribution in [-0.4, -0.2) is 31.3 Å². The van der Waals surface area contributed by atoms with Crippen molar-refractivity contribution in [1.82, 2.24) is 5.32 Å². The van der Waals surface area contributed by atoms with E-state index in [0.717, 1.165) is 11.3 Å². The Hall–Kier alpha value is -2.95. The summed E-state index contributed by atoms with van der Waals surface area (Å²) in [4.78, 5) is 14.9. The Balaban J connectivity index is 1.76. The summed E-state index contributed by atoms with van der Waals surface area (Å²) >= 11 is 0. The van der Waals surface area contributed by atoms with Crippen molar-refractivity contribution in [2.24, 2.45) is 0 Å². The number of nitrogens with one attached hydrogen (secondary N) is 1. The Morgan fingerprint density at radius 3 is 2.61 bits per heavy atom. The van der Waals surface area contributed by atoms with Gasteiger partial charge in [-0.05, 0) is 56.2 Å². The first-order valence-electron chi connectivity index (χ1n) is 10.9. The zero-order valence-electron chi connectivity index (χ0n) is 19.3. The molecule has 1 atom stereocenters. The lowest BCUT2D eigenvalue weighted by Gasteiger charge is -2.49. The zero-order chi connectivity index (χ0) is 22.4. The van der Waals surface area contributed by atoms with Gasteiger partial charge in [-0.25, -0.2) is 0 Å². The molecule has 1 N–H and O–H groups in total. The van der Waals surface area contributed by atoms with Crippen molar-refractivity contribution in [3.8, 4) is 11.5 Å². The van der Waals surface area contributed by atoms with Gasteiger partial charge in [-0.3, -0.25) is 4.79 Å². The van der Waals surface area contributed by atoms with E-state index in [1.165, 1.54) is 16.8 Å². The number of aryl methyl sites for hydroxylation is 1. The van der Waals surface area contributed by atoms with Gasteiger partial charge in [0.05, 0.1) is 13.2 Å². The smallest absolute Gasteiger partial charge is 0.223 e. The molecule has 0 aromatic heterocycles. The Morgan fingerprint density at radius 2 is 1.90 bits per heavy atom. The Bertz CT molecular complexity index is 1040. The average Bonchev–Trinajstić information content (AvgIpc) is 2.90. The van der Waals surface area contributed by atoms with Crippen molar-refractivity contribution >= 4 is 17.7 Å². The first-order chi connectivity index (χ1) is 14.7. The highest BCUT2D eigenvalue weighted by Gasteiger charge is 2.57. The lowest BCUT2D eigenvalue weighted by molar-refractivity contribution is -0.124. The van der Waals surface area contributed by atoms with Crippen LogP contribution < -0.4 is 19.7 Å². The molecule has 1 fully saturated rings. The molecule has 0 spiro atoms. The van der Waals surface area contributed by atoms with Crippen molar-refractivity contribution in [1.29, 1.82) is 0 Å². The van der Waals surface area contributed by atoms with Gasteiger partial charge < -0.3 is 19.7 Å². The lowest BCUT2D eigenvalue weighted by atomic mass is 9.74. The van der Waals surface area contributed by atoms with Gasteiger partial charge in [0, 0.05) is 24.1 Å². The zero-order valence-corrected chi connectivity index (χ0v) is 19.3. The van der Waals surface area contributed by atoms with Crippen LogP contribution in [0.4, 0.5) is 5.69 Å². The first-order valence-corrected chi connectivity index (χ1v) is 10.9. The van der Waals surface area contributed by atoms with Gasteiger partial charge in [-0.15, -0.1) is 0 Å². The minimum atomic E-state index is -0.626. The molecule has 4 rings (SSSR count). The third-order valence-corrected chi connectivity index (χ3v) is 6.45. The highest BCUT2D eigenvalue weighted by Crippen LogP contribution is 2.52. The van der Waals surface area contributed by atoms with E-state index in [1.54, 1.807) is 7.11 Å². The maximum atomic E-state index is 12.6. The number of hydrogen-bond donors (Lipinski definition) is 1. The van der Waals surface area contributed by atoms with Crippen molar-refractivity contribution in [3.05, 3.63) is 59.2 Å². The van der Waals surface area contributed by atoms with Crippen LogP contribution in [0, 0.1) is 6.92 Å². The van der Waals surface area contributed by atoms with Gasteiger partial charge in [-0.1, -0.05) is 43.7 Å². The minimum absolute atomic E-state index is 0.0708. The molecule has 2 aliphatic rings. The SMILES string of the molecule is COc1cc(C=C[C@]23NC(=O)CCN2c2ccc(C)cc2C3(C)C)ccc1OC(C)C. The maximum Gasteiger partial charge on any atom is 0.223 e. The Morgan fingerprint density at radius 1 is 1.13 bits per heavy atom. The molecular weight excluding hydrogens is 388 g/mol. The number of amides is 1. The van der Waals surface area contributed by atoms with E-state index in [2.05, 4.69) is 61.3 Å². The van der Waals surface area contributed by atoms with Crippen LogP contribution in [0.15, 0.2) is 42.5 Å². The highest BCUT2D eigenvalue weighted by molar-refractivity contribution is 5.84. The number of methoxy groups -OCH3 is 1. The van der Waals surface area contributed by atoms with Gasteiger partial charge in [-0.2, -0.15) is 0 Å². The summed E-state index contributed by atoms with van der Waals surface area (Å²) in [6, 6.07) is 12.5. The second kappa shape index (κ2) is 7.63. The summed E-state index contributed by atoms with van der Waals surface area (Å²) in [7, 11) is 1.65. The van der Waals surface area contributed by atoms with E-state index >= 15 is 0 Å². The van der Waals surface area contributed by atoms with E-state index in [-0.39, 0.29) is 17.4 Å². The second-order valence-corrected chi connectivity index (χ2v) is 9.27. The summed E-state index contributed by atoms with van der Waals surface area (Å²) in [5.41, 5.74) is 3.74. The molecule has 0 bridgehead atoms. The van der Waals surface area contributed by atoms with Gasteiger partial charge in [0.15, 0.2) is 11.5 Å². The number of hydrogen-bond acceptors (Lipinski definition) is 4. The predicted octanol–water partition coefficient (Wildman–Crippen LogP) is 4.82. The number of fused-ring (bicyclic) bond motifs is 3. The number of nitrogens with zero attached hydrogens (tertiary/aromatic N) is 1. The monoisotopic (exact) mass is 420 g/mol. The summed E-state index contributed by atoms with van der Waals surface area (Å²) in [6.07, 6.45) is 4.77. The van der Waals surface area contributed by atoms with Crippen LogP contribution in [0.1, 0.15) is 50.8 Å². The molecular formula is C26H32N2O3. The van der Waals surface area contributed by atoms with Crippen LogP contribution in [0.2, 0.25) is 0 Å². The van der Waals surface area contributed by atoms with Crippen LogP contribution >= 0.6 is 0 Å². The highest BCUT2D eigenvalue weighted by atomic mass is 16.5. The molecule has 2 aliphatic heterocycles. The number of ether oxygens (including phenoxy) is 2. The lowest BCUT2D eigenvalue weighted by Crippen LogP contribution is -2.68. The molecule has 1 amide bonds. The molecule has 164 valence electrons. The van der Waals surface area contributed by atoms with E-state index in [4.69, 9.17) is 9.47 Å². The number of rotatable bonds is 5. The molecule has 31 heavy (non-hydrogen) atoms. The summed E-state index contributed by atoms with van der Waals surface area (Å²) in [6.45, 7) is 11.2. The molecule has 0 aliphatic carbocycles. The van der Waals surface area contributed by atoms with Gasteiger partial charge in [0.25, 0.3) is 0 Å². The van der Waals surface area contributed by atoms with Gasteiger partial charge in [0.1, 0.15) is 5.66 Å². The molecule has 2 aromatic carbocycles. The molecule has 0 saturated carbocycles. The second-order valence-electron chi connectivity index (χ2n) is 9.27. The Labute approximate surface area is 185 Å². The van der Waals surface area contributed by atoms with Crippen molar-refractivity contribution < 1.29 is 14.3 Å². The van der Waals surface area contributed by atoms with E-state index < -0.39 is 5.66 Å². The third kappa shape index (κ3) is 3.46. The maximum absolute atomic E-state index is 12.6. The van der Waals surface area contributed by atoms with Gasteiger partial charge >= 0.3 is 0 Å². The normalized spacial score (nSPS) is 21.8. The van der Waals surface area contributed by atoms with Crippen LogP contribution in [0.3, 0.4) is 0 Å². The predicted molar refractivity (Wildman–Crippen MR) is 125 cm³/mol. The van der Waals surface area contributed by atoms with E-state index in [9.17, 15) is 4.79 Å². The van der Waals surface area contributed by atoms with Crippen molar-refractivity contribution in [2.45, 2.75) is 58.2 Å². The summed E-state index contributed by atoms with van der Waals surface area (Å²) in [5, 5.41) is 3.33. The largest absolute Gasteiger partial charge is 0.493 e. The van der Waals surface area contributed by atoms with Crippen molar-refractivity contribution in [2.75, 3.05) is 18.6 Å². The number of carbonyl (C=O) groups is 1. The fourth-order valence-electron chi connectivity index (χ4n) is 4.82.